The first-order valence-electron chi connectivity index (χ1n) is 11.4. The lowest BCUT2D eigenvalue weighted by Gasteiger charge is -2.12. The summed E-state index contributed by atoms with van der Waals surface area (Å²) < 4.78 is 5.89. The molecule has 0 aliphatic carbocycles. The zero-order valence-electron chi connectivity index (χ0n) is 20.3. The molecular weight excluding hydrogens is 436 g/mol. The first kappa shape index (κ1) is 23.8. The fourth-order valence-corrected chi connectivity index (χ4v) is 3.65. The van der Waals surface area contributed by atoms with Crippen LogP contribution in [-0.4, -0.2) is 11.8 Å². The van der Waals surface area contributed by atoms with Gasteiger partial charge in [0.2, 0.25) is 0 Å². The molecule has 0 saturated heterocycles. The standard InChI is InChI=1S/C30H28N2O3/c1-19-7-5-9-27(21(19)3)31-29(33)23-11-15-25(16-12-23)35-26-17-13-24(14-18-26)30(34)32-28-10-6-8-20(2)22(28)4/h5-18H,1-4H3,(H,31,33)(H,32,34). The fraction of sp³-hybridized carbons (Fsp3) is 0.133. The molecule has 2 amide bonds. The van der Waals surface area contributed by atoms with Crippen LogP contribution in [0.1, 0.15) is 43.0 Å². The van der Waals surface area contributed by atoms with Gasteiger partial charge in [0.1, 0.15) is 11.5 Å². The number of amides is 2. The molecule has 0 saturated carbocycles. The Morgan fingerprint density at radius 3 is 1.29 bits per heavy atom. The highest BCUT2D eigenvalue weighted by Crippen LogP contribution is 2.24. The van der Waals surface area contributed by atoms with Crippen molar-refractivity contribution in [2.45, 2.75) is 27.7 Å². The molecule has 5 nitrogen and oxygen atoms in total. The lowest BCUT2D eigenvalue weighted by Crippen LogP contribution is -2.13. The number of carbonyl (C=O) groups is 2. The van der Waals surface area contributed by atoms with Crippen LogP contribution in [0.4, 0.5) is 11.4 Å². The lowest BCUT2D eigenvalue weighted by molar-refractivity contribution is 0.101. The number of benzene rings is 4. The highest BCUT2D eigenvalue weighted by molar-refractivity contribution is 6.05. The van der Waals surface area contributed by atoms with E-state index >= 15 is 0 Å². The summed E-state index contributed by atoms with van der Waals surface area (Å²) in [6.07, 6.45) is 0. The van der Waals surface area contributed by atoms with E-state index in [0.29, 0.717) is 22.6 Å². The number of hydrogen-bond donors (Lipinski definition) is 2. The molecule has 0 fully saturated rings. The molecule has 0 bridgehead atoms. The number of ether oxygens (including phenoxy) is 1. The van der Waals surface area contributed by atoms with E-state index in [2.05, 4.69) is 10.6 Å². The monoisotopic (exact) mass is 464 g/mol. The zero-order valence-corrected chi connectivity index (χ0v) is 20.3. The van der Waals surface area contributed by atoms with Crippen molar-refractivity contribution < 1.29 is 14.3 Å². The van der Waals surface area contributed by atoms with Gasteiger partial charge in [-0.2, -0.15) is 0 Å². The fourth-order valence-electron chi connectivity index (χ4n) is 3.65. The minimum atomic E-state index is -0.176. The number of anilines is 2. The summed E-state index contributed by atoms with van der Waals surface area (Å²) >= 11 is 0. The second kappa shape index (κ2) is 10.3. The Labute approximate surface area is 205 Å². The Balaban J connectivity index is 1.38. The molecular formula is C30H28N2O3. The maximum atomic E-state index is 12.6. The average molecular weight is 465 g/mol. The molecule has 176 valence electrons. The van der Waals surface area contributed by atoms with Crippen molar-refractivity contribution in [3.63, 3.8) is 0 Å². The van der Waals surface area contributed by atoms with Crippen LogP contribution in [0, 0.1) is 27.7 Å². The predicted octanol–water partition coefficient (Wildman–Crippen LogP) is 7.22. The summed E-state index contributed by atoms with van der Waals surface area (Å²) in [5, 5.41) is 5.92. The third kappa shape index (κ3) is 5.58. The Hall–Kier alpha value is -4.38. The molecule has 0 radical (unpaired) electrons. The summed E-state index contributed by atoms with van der Waals surface area (Å²) in [6.45, 7) is 8.00. The van der Waals surface area contributed by atoms with Crippen molar-refractivity contribution in [2.75, 3.05) is 10.6 Å². The van der Waals surface area contributed by atoms with Crippen LogP contribution in [0.5, 0.6) is 11.5 Å². The van der Waals surface area contributed by atoms with Gasteiger partial charge < -0.3 is 15.4 Å². The normalized spacial score (nSPS) is 10.5. The van der Waals surface area contributed by atoms with Crippen molar-refractivity contribution in [1.82, 2.24) is 0 Å². The maximum Gasteiger partial charge on any atom is 0.255 e. The Morgan fingerprint density at radius 2 is 0.914 bits per heavy atom. The van der Waals surface area contributed by atoms with Crippen molar-refractivity contribution in [3.8, 4) is 11.5 Å². The van der Waals surface area contributed by atoms with Gasteiger partial charge in [0, 0.05) is 22.5 Å². The number of nitrogens with one attached hydrogen (secondary N) is 2. The quantitative estimate of drug-likeness (QED) is 0.317. The van der Waals surface area contributed by atoms with Crippen molar-refractivity contribution in [3.05, 3.63) is 118 Å². The van der Waals surface area contributed by atoms with Gasteiger partial charge in [0.25, 0.3) is 11.8 Å². The molecule has 2 N–H and O–H groups in total. The molecule has 4 aromatic rings. The van der Waals surface area contributed by atoms with Gasteiger partial charge in [-0.1, -0.05) is 24.3 Å². The summed E-state index contributed by atoms with van der Waals surface area (Å²) in [5.74, 6) is 0.843. The zero-order chi connectivity index (χ0) is 24.9. The van der Waals surface area contributed by atoms with Crippen molar-refractivity contribution in [2.24, 2.45) is 0 Å². The predicted molar refractivity (Wildman–Crippen MR) is 141 cm³/mol. The second-order valence-electron chi connectivity index (χ2n) is 8.55. The average Bonchev–Trinajstić information content (AvgIpc) is 2.85. The minimum absolute atomic E-state index is 0.176. The summed E-state index contributed by atoms with van der Waals surface area (Å²) in [6, 6.07) is 25.6. The molecule has 0 aromatic heterocycles. The highest BCUT2D eigenvalue weighted by Gasteiger charge is 2.11. The molecule has 0 aliphatic heterocycles. The topological polar surface area (TPSA) is 67.4 Å². The van der Waals surface area contributed by atoms with E-state index in [0.717, 1.165) is 33.6 Å². The van der Waals surface area contributed by atoms with E-state index in [1.165, 1.54) is 0 Å². The SMILES string of the molecule is Cc1cccc(NC(=O)c2ccc(Oc3ccc(C(=O)Nc4cccc(C)c4C)cc3)cc2)c1C. The largest absolute Gasteiger partial charge is 0.457 e. The Morgan fingerprint density at radius 1 is 0.543 bits per heavy atom. The molecule has 0 aliphatic rings. The van der Waals surface area contributed by atoms with Gasteiger partial charge >= 0.3 is 0 Å². The van der Waals surface area contributed by atoms with Gasteiger partial charge in [-0.15, -0.1) is 0 Å². The number of aryl methyl sites for hydroxylation is 2. The van der Waals surface area contributed by atoms with E-state index in [4.69, 9.17) is 4.74 Å². The van der Waals surface area contributed by atoms with Crippen LogP contribution in [0.15, 0.2) is 84.9 Å². The summed E-state index contributed by atoms with van der Waals surface area (Å²) in [7, 11) is 0. The Bertz CT molecular complexity index is 1270. The van der Waals surface area contributed by atoms with E-state index in [9.17, 15) is 9.59 Å². The van der Waals surface area contributed by atoms with Crippen LogP contribution >= 0.6 is 0 Å². The Kier molecular flexibility index (Phi) is 6.97. The number of rotatable bonds is 6. The first-order valence-corrected chi connectivity index (χ1v) is 11.4. The van der Waals surface area contributed by atoms with Crippen molar-refractivity contribution >= 4 is 23.2 Å². The van der Waals surface area contributed by atoms with Crippen molar-refractivity contribution in [1.29, 1.82) is 0 Å². The molecule has 5 heteroatoms. The second-order valence-corrected chi connectivity index (χ2v) is 8.55. The van der Waals surface area contributed by atoms with E-state index in [-0.39, 0.29) is 11.8 Å². The van der Waals surface area contributed by atoms with Gasteiger partial charge in [-0.25, -0.2) is 0 Å². The molecule has 0 heterocycles. The third-order valence-electron chi connectivity index (χ3n) is 6.17. The van der Waals surface area contributed by atoms with Crippen LogP contribution < -0.4 is 15.4 Å². The summed E-state index contributed by atoms with van der Waals surface area (Å²) in [4.78, 5) is 25.3. The van der Waals surface area contributed by atoms with E-state index in [1.807, 2.05) is 64.1 Å². The minimum Gasteiger partial charge on any atom is -0.457 e. The maximum absolute atomic E-state index is 12.6. The third-order valence-corrected chi connectivity index (χ3v) is 6.17. The van der Waals surface area contributed by atoms with Gasteiger partial charge in [0.15, 0.2) is 0 Å². The molecule has 0 spiro atoms. The van der Waals surface area contributed by atoms with E-state index in [1.54, 1.807) is 48.5 Å². The van der Waals surface area contributed by atoms with Crippen LogP contribution in [0.25, 0.3) is 0 Å². The van der Waals surface area contributed by atoms with Gasteiger partial charge in [-0.05, 0) is 111 Å². The van der Waals surface area contributed by atoms with E-state index < -0.39 is 0 Å². The molecule has 0 unspecified atom stereocenters. The van der Waals surface area contributed by atoms with Gasteiger partial charge in [0.05, 0.1) is 0 Å². The number of hydrogen-bond acceptors (Lipinski definition) is 3. The summed E-state index contributed by atoms with van der Waals surface area (Å²) in [5.41, 5.74) is 7.03. The molecule has 35 heavy (non-hydrogen) atoms. The lowest BCUT2D eigenvalue weighted by atomic mass is 10.1. The van der Waals surface area contributed by atoms with Crippen LogP contribution in [0.3, 0.4) is 0 Å². The highest BCUT2D eigenvalue weighted by atomic mass is 16.5. The molecule has 4 rings (SSSR count). The molecule has 0 atom stereocenters. The first-order chi connectivity index (χ1) is 16.8. The smallest absolute Gasteiger partial charge is 0.255 e. The number of carbonyl (C=O) groups excluding carboxylic acids is 2. The molecule has 4 aromatic carbocycles. The van der Waals surface area contributed by atoms with Gasteiger partial charge in [-0.3, -0.25) is 9.59 Å². The van der Waals surface area contributed by atoms with Crippen LogP contribution in [0.2, 0.25) is 0 Å². The van der Waals surface area contributed by atoms with Crippen LogP contribution in [-0.2, 0) is 0 Å².